The van der Waals surface area contributed by atoms with Gasteiger partial charge in [-0.05, 0) is 25.1 Å². The van der Waals surface area contributed by atoms with E-state index in [0.717, 1.165) is 39.3 Å². The smallest absolute Gasteiger partial charge is 0.0569 e. The molecule has 1 saturated heterocycles. The molecule has 16 heavy (non-hydrogen) atoms. The molecule has 2 heterocycles. The van der Waals surface area contributed by atoms with Gasteiger partial charge in [-0.25, -0.2) is 0 Å². The molecule has 0 unspecified atom stereocenters. The molecule has 1 aliphatic heterocycles. The summed E-state index contributed by atoms with van der Waals surface area (Å²) in [5, 5.41) is 0. The van der Waals surface area contributed by atoms with E-state index in [-0.39, 0.29) is 5.41 Å². The third-order valence-corrected chi connectivity index (χ3v) is 3.30. The van der Waals surface area contributed by atoms with Crippen LogP contribution >= 0.6 is 0 Å². The number of likely N-dealkylation sites (N-methyl/N-ethyl adjacent to an activating group) is 1. The first-order valence-electron chi connectivity index (χ1n) is 5.82. The lowest BCUT2D eigenvalue weighted by Crippen LogP contribution is -2.54. The lowest BCUT2D eigenvalue weighted by Gasteiger charge is -2.43. The van der Waals surface area contributed by atoms with E-state index in [1.165, 1.54) is 5.56 Å². The van der Waals surface area contributed by atoms with Crippen molar-refractivity contribution in [3.8, 4) is 0 Å². The van der Waals surface area contributed by atoms with Crippen LogP contribution in [0.3, 0.4) is 0 Å². The van der Waals surface area contributed by atoms with Gasteiger partial charge in [-0.3, -0.25) is 0 Å². The topological polar surface area (TPSA) is 54.3 Å². The van der Waals surface area contributed by atoms with Crippen LogP contribution in [-0.2, 0) is 11.2 Å². The van der Waals surface area contributed by atoms with Crippen molar-refractivity contribution < 1.29 is 4.74 Å². The molecule has 90 valence electrons. The van der Waals surface area contributed by atoms with Gasteiger partial charge < -0.3 is 20.4 Å². The summed E-state index contributed by atoms with van der Waals surface area (Å²) in [6.45, 7) is 4.46. The van der Waals surface area contributed by atoms with E-state index in [1.54, 1.807) is 0 Å². The Kier molecular flexibility index (Phi) is 3.63. The lowest BCUT2D eigenvalue weighted by molar-refractivity contribution is -0.117. The van der Waals surface area contributed by atoms with Crippen molar-refractivity contribution in [3.05, 3.63) is 24.0 Å². The molecular formula is C12H21N3O. The van der Waals surface area contributed by atoms with Gasteiger partial charge in [0.2, 0.25) is 0 Å². The Bertz CT molecular complexity index is 301. The second-order valence-corrected chi connectivity index (χ2v) is 4.90. The summed E-state index contributed by atoms with van der Waals surface area (Å²) < 4.78 is 5.27. The normalized spacial score (nSPS) is 18.7. The van der Waals surface area contributed by atoms with Crippen LogP contribution in [0, 0.1) is 5.41 Å². The molecule has 1 aromatic heterocycles. The molecule has 0 saturated carbocycles. The average molecular weight is 223 g/mol. The Labute approximate surface area is 96.8 Å². The molecule has 0 radical (unpaired) electrons. The van der Waals surface area contributed by atoms with Crippen molar-refractivity contribution in [2.45, 2.75) is 6.42 Å². The quantitative estimate of drug-likeness (QED) is 0.737. The number of H-pyrrole nitrogens is 1. The molecule has 0 bridgehead atoms. The van der Waals surface area contributed by atoms with E-state index in [0.29, 0.717) is 0 Å². The predicted octanol–water partition coefficient (Wildman–Crippen LogP) is 0.464. The molecule has 0 aliphatic carbocycles. The van der Waals surface area contributed by atoms with Crippen LogP contribution in [0.1, 0.15) is 5.56 Å². The highest BCUT2D eigenvalue weighted by Gasteiger charge is 2.37. The standard InChI is InChI=1S/C12H21N3O/c1-15(5-3-11-2-4-14-6-11)8-12(7-13)9-16-10-12/h2,4,6,14H,3,5,7-10,13H2,1H3. The van der Waals surface area contributed by atoms with Gasteiger partial charge in [-0.1, -0.05) is 0 Å². The number of rotatable bonds is 6. The maximum absolute atomic E-state index is 5.80. The second-order valence-electron chi connectivity index (χ2n) is 4.90. The molecule has 1 aromatic rings. The maximum Gasteiger partial charge on any atom is 0.0569 e. The minimum absolute atomic E-state index is 0.215. The molecule has 4 heteroatoms. The first-order valence-corrected chi connectivity index (χ1v) is 5.82. The summed E-state index contributed by atoms with van der Waals surface area (Å²) in [4.78, 5) is 5.43. The maximum atomic E-state index is 5.80. The summed E-state index contributed by atoms with van der Waals surface area (Å²) in [5.74, 6) is 0. The number of hydrogen-bond acceptors (Lipinski definition) is 3. The van der Waals surface area contributed by atoms with Gasteiger partial charge in [0, 0.05) is 37.4 Å². The van der Waals surface area contributed by atoms with Gasteiger partial charge in [0.15, 0.2) is 0 Å². The van der Waals surface area contributed by atoms with Crippen LogP contribution < -0.4 is 5.73 Å². The molecule has 1 aliphatic rings. The van der Waals surface area contributed by atoms with Gasteiger partial charge >= 0.3 is 0 Å². The molecule has 0 atom stereocenters. The number of nitrogens with zero attached hydrogens (tertiary/aromatic N) is 1. The van der Waals surface area contributed by atoms with Crippen molar-refractivity contribution in [2.75, 3.05) is 39.9 Å². The average Bonchev–Trinajstić information content (AvgIpc) is 2.73. The Morgan fingerprint density at radius 1 is 1.56 bits per heavy atom. The SMILES string of the molecule is CN(CCc1cc[nH]c1)CC1(CN)COC1. The molecule has 0 spiro atoms. The van der Waals surface area contributed by atoms with Crippen molar-refractivity contribution in [3.63, 3.8) is 0 Å². The number of hydrogen-bond donors (Lipinski definition) is 2. The van der Waals surface area contributed by atoms with Crippen LogP contribution in [0.4, 0.5) is 0 Å². The highest BCUT2D eigenvalue weighted by molar-refractivity contribution is 5.08. The number of aromatic nitrogens is 1. The predicted molar refractivity (Wildman–Crippen MR) is 64.3 cm³/mol. The highest BCUT2D eigenvalue weighted by Crippen LogP contribution is 2.26. The van der Waals surface area contributed by atoms with Crippen LogP contribution in [0.25, 0.3) is 0 Å². The van der Waals surface area contributed by atoms with Gasteiger partial charge in [0.05, 0.1) is 13.2 Å². The van der Waals surface area contributed by atoms with Crippen molar-refractivity contribution in [2.24, 2.45) is 11.1 Å². The van der Waals surface area contributed by atoms with Gasteiger partial charge in [0.1, 0.15) is 0 Å². The van der Waals surface area contributed by atoms with Crippen LogP contribution in [0.5, 0.6) is 0 Å². The Morgan fingerprint density at radius 3 is 2.88 bits per heavy atom. The molecule has 2 rings (SSSR count). The van der Waals surface area contributed by atoms with E-state index in [2.05, 4.69) is 29.2 Å². The zero-order chi connectivity index (χ0) is 11.4. The first kappa shape index (κ1) is 11.6. The Morgan fingerprint density at radius 2 is 2.38 bits per heavy atom. The van der Waals surface area contributed by atoms with E-state index in [9.17, 15) is 0 Å². The molecule has 0 amide bonds. The van der Waals surface area contributed by atoms with E-state index < -0.39 is 0 Å². The van der Waals surface area contributed by atoms with Crippen LogP contribution in [-0.4, -0.2) is 49.8 Å². The van der Waals surface area contributed by atoms with Crippen molar-refractivity contribution >= 4 is 0 Å². The first-order chi connectivity index (χ1) is 7.74. The summed E-state index contributed by atoms with van der Waals surface area (Å²) in [5.41, 5.74) is 7.37. The van der Waals surface area contributed by atoms with Gasteiger partial charge in [0.25, 0.3) is 0 Å². The molecule has 0 aromatic carbocycles. The zero-order valence-electron chi connectivity index (χ0n) is 9.91. The van der Waals surface area contributed by atoms with E-state index in [1.807, 2.05) is 6.20 Å². The van der Waals surface area contributed by atoms with Crippen LogP contribution in [0.2, 0.25) is 0 Å². The third-order valence-electron chi connectivity index (χ3n) is 3.30. The summed E-state index contributed by atoms with van der Waals surface area (Å²) in [6, 6.07) is 2.12. The summed E-state index contributed by atoms with van der Waals surface area (Å²) in [6.07, 6.45) is 5.11. The van der Waals surface area contributed by atoms with Gasteiger partial charge in [-0.15, -0.1) is 0 Å². The minimum atomic E-state index is 0.215. The van der Waals surface area contributed by atoms with Crippen LogP contribution in [0.15, 0.2) is 18.5 Å². The van der Waals surface area contributed by atoms with Crippen molar-refractivity contribution in [1.29, 1.82) is 0 Å². The van der Waals surface area contributed by atoms with Gasteiger partial charge in [-0.2, -0.15) is 0 Å². The number of ether oxygens (including phenoxy) is 1. The minimum Gasteiger partial charge on any atom is -0.380 e. The monoisotopic (exact) mass is 223 g/mol. The second kappa shape index (κ2) is 4.99. The third kappa shape index (κ3) is 2.64. The van der Waals surface area contributed by atoms with E-state index in [4.69, 9.17) is 10.5 Å². The summed E-state index contributed by atoms with van der Waals surface area (Å²) in [7, 11) is 2.16. The lowest BCUT2D eigenvalue weighted by atomic mass is 9.85. The molecule has 3 N–H and O–H groups in total. The number of nitrogens with one attached hydrogen (secondary N) is 1. The fourth-order valence-electron chi connectivity index (χ4n) is 2.15. The number of aromatic amines is 1. The van der Waals surface area contributed by atoms with E-state index >= 15 is 0 Å². The van der Waals surface area contributed by atoms with Crippen molar-refractivity contribution in [1.82, 2.24) is 9.88 Å². The largest absolute Gasteiger partial charge is 0.380 e. The summed E-state index contributed by atoms with van der Waals surface area (Å²) >= 11 is 0. The Hall–Kier alpha value is -0.840. The molecule has 4 nitrogen and oxygen atoms in total. The Balaban J connectivity index is 1.73. The molecule has 1 fully saturated rings. The fraction of sp³-hybridized carbons (Fsp3) is 0.667. The number of nitrogens with two attached hydrogens (primary N) is 1. The molecular weight excluding hydrogens is 202 g/mol. The fourth-order valence-corrected chi connectivity index (χ4v) is 2.15. The highest BCUT2D eigenvalue weighted by atomic mass is 16.5. The zero-order valence-corrected chi connectivity index (χ0v) is 9.91.